The highest BCUT2D eigenvalue weighted by Crippen LogP contribution is 2.17. The fourth-order valence-electron chi connectivity index (χ4n) is 2.03. The summed E-state index contributed by atoms with van der Waals surface area (Å²) >= 11 is 0. The second-order valence-electron chi connectivity index (χ2n) is 4.40. The van der Waals surface area contributed by atoms with Crippen LogP contribution in [0.1, 0.15) is 31.4 Å². The van der Waals surface area contributed by atoms with Gasteiger partial charge in [-0.25, -0.2) is 0 Å². The Hall–Kier alpha value is -1.42. The molecule has 17 heavy (non-hydrogen) atoms. The number of hydrogen-bond donors (Lipinski definition) is 1. The maximum absolute atomic E-state index is 12.0. The molecule has 2 heterocycles. The van der Waals surface area contributed by atoms with Gasteiger partial charge < -0.3 is 10.1 Å². The summed E-state index contributed by atoms with van der Waals surface area (Å²) < 4.78 is 5.25. The largest absolute Gasteiger partial charge is 0.381 e. The summed E-state index contributed by atoms with van der Waals surface area (Å²) in [7, 11) is 0. The van der Waals surface area contributed by atoms with Gasteiger partial charge in [-0.3, -0.25) is 9.78 Å². The molecule has 0 aliphatic carbocycles. The van der Waals surface area contributed by atoms with Crippen molar-refractivity contribution in [1.29, 1.82) is 0 Å². The van der Waals surface area contributed by atoms with Gasteiger partial charge in [0.2, 0.25) is 5.91 Å². The third kappa shape index (κ3) is 3.27. The summed E-state index contributed by atoms with van der Waals surface area (Å²) in [5.74, 6) is 0.241. The molecular weight excluding hydrogens is 216 g/mol. The fraction of sp³-hybridized carbons (Fsp3) is 0.538. The number of ether oxygens (including phenoxy) is 1. The number of aromatic nitrogens is 1. The lowest BCUT2D eigenvalue weighted by molar-refractivity contribution is -0.128. The molecule has 0 radical (unpaired) electrons. The van der Waals surface area contributed by atoms with E-state index in [1.165, 1.54) is 0 Å². The number of nitrogens with one attached hydrogen (secondary N) is 1. The first-order chi connectivity index (χ1) is 8.27. The number of carbonyl (C=O) groups is 1. The van der Waals surface area contributed by atoms with Crippen molar-refractivity contribution in [3.63, 3.8) is 0 Å². The van der Waals surface area contributed by atoms with Crippen LogP contribution in [0.15, 0.2) is 24.5 Å². The number of carbonyl (C=O) groups excluding carboxylic acids is 1. The molecule has 4 nitrogen and oxygen atoms in total. The zero-order valence-corrected chi connectivity index (χ0v) is 10.1. The van der Waals surface area contributed by atoms with Crippen molar-refractivity contribution in [3.8, 4) is 0 Å². The van der Waals surface area contributed by atoms with E-state index in [1.807, 2.05) is 19.1 Å². The molecular formula is C13H18N2O2. The van der Waals surface area contributed by atoms with E-state index in [2.05, 4.69) is 10.3 Å². The summed E-state index contributed by atoms with van der Waals surface area (Å²) in [4.78, 5) is 16.0. The van der Waals surface area contributed by atoms with Gasteiger partial charge in [0.15, 0.2) is 0 Å². The lowest BCUT2D eigenvalue weighted by atomic mass is 9.98. The molecule has 1 aromatic heterocycles. The Bertz CT molecular complexity index is 361. The van der Waals surface area contributed by atoms with Gasteiger partial charge in [-0.1, -0.05) is 0 Å². The predicted octanol–water partition coefficient (Wildman–Crippen LogP) is 1.69. The van der Waals surface area contributed by atoms with E-state index in [-0.39, 0.29) is 17.9 Å². The Kier molecular flexibility index (Phi) is 4.09. The summed E-state index contributed by atoms with van der Waals surface area (Å²) in [6.07, 6.45) is 5.14. The van der Waals surface area contributed by atoms with Gasteiger partial charge in [0.05, 0.1) is 6.04 Å². The number of hydrogen-bond acceptors (Lipinski definition) is 3. The maximum atomic E-state index is 12.0. The van der Waals surface area contributed by atoms with Gasteiger partial charge >= 0.3 is 0 Å². The van der Waals surface area contributed by atoms with Crippen LogP contribution in [-0.4, -0.2) is 24.1 Å². The number of rotatable bonds is 3. The lowest BCUT2D eigenvalue weighted by Crippen LogP contribution is -2.35. The van der Waals surface area contributed by atoms with E-state index in [4.69, 9.17) is 4.74 Å². The Morgan fingerprint density at radius 2 is 2.06 bits per heavy atom. The topological polar surface area (TPSA) is 51.2 Å². The standard InChI is InChI=1S/C13H18N2O2/c1-10(11-2-6-14-7-3-11)15-13(16)12-4-8-17-9-5-12/h2-3,6-7,10,12H,4-5,8-9H2,1H3,(H,15,16). The molecule has 1 N–H and O–H groups in total. The SMILES string of the molecule is CC(NC(=O)C1CCOCC1)c1ccncc1. The van der Waals surface area contributed by atoms with E-state index >= 15 is 0 Å². The molecule has 1 fully saturated rings. The monoisotopic (exact) mass is 234 g/mol. The smallest absolute Gasteiger partial charge is 0.223 e. The molecule has 2 rings (SSSR count). The average Bonchev–Trinajstić information content (AvgIpc) is 2.40. The normalized spacial score (nSPS) is 18.6. The van der Waals surface area contributed by atoms with Crippen LogP contribution in [0.3, 0.4) is 0 Å². The minimum atomic E-state index is 0.0355. The van der Waals surface area contributed by atoms with E-state index in [1.54, 1.807) is 12.4 Å². The Labute approximate surface area is 101 Å². The molecule has 1 atom stereocenters. The van der Waals surface area contributed by atoms with Gasteiger partial charge in [0, 0.05) is 31.5 Å². The molecule has 92 valence electrons. The number of amides is 1. The van der Waals surface area contributed by atoms with Crippen LogP contribution in [0.4, 0.5) is 0 Å². The molecule has 4 heteroatoms. The molecule has 1 amide bonds. The number of nitrogens with zero attached hydrogens (tertiary/aromatic N) is 1. The highest BCUT2D eigenvalue weighted by molar-refractivity contribution is 5.79. The van der Waals surface area contributed by atoms with E-state index < -0.39 is 0 Å². The molecule has 0 aromatic carbocycles. The predicted molar refractivity (Wildman–Crippen MR) is 64.3 cm³/mol. The van der Waals surface area contributed by atoms with Crippen LogP contribution in [0.25, 0.3) is 0 Å². The fourth-order valence-corrected chi connectivity index (χ4v) is 2.03. The summed E-state index contributed by atoms with van der Waals surface area (Å²) in [5.41, 5.74) is 1.08. The van der Waals surface area contributed by atoms with E-state index in [0.717, 1.165) is 18.4 Å². The van der Waals surface area contributed by atoms with Crippen LogP contribution >= 0.6 is 0 Å². The number of pyridine rings is 1. The second-order valence-corrected chi connectivity index (χ2v) is 4.40. The third-order valence-electron chi connectivity index (χ3n) is 3.16. The molecule has 1 unspecified atom stereocenters. The van der Waals surface area contributed by atoms with E-state index in [0.29, 0.717) is 13.2 Å². The minimum Gasteiger partial charge on any atom is -0.381 e. The third-order valence-corrected chi connectivity index (χ3v) is 3.16. The van der Waals surface area contributed by atoms with Crippen LogP contribution in [-0.2, 0) is 9.53 Å². The van der Waals surface area contributed by atoms with E-state index in [9.17, 15) is 4.79 Å². The van der Waals surface area contributed by atoms with Gasteiger partial charge in [-0.05, 0) is 37.5 Å². The van der Waals surface area contributed by atoms with Crippen molar-refractivity contribution < 1.29 is 9.53 Å². The van der Waals surface area contributed by atoms with Crippen molar-refractivity contribution in [2.75, 3.05) is 13.2 Å². The summed E-state index contributed by atoms with van der Waals surface area (Å²) in [5, 5.41) is 3.04. The second kappa shape index (κ2) is 5.77. The van der Waals surface area contributed by atoms with Crippen LogP contribution in [0.5, 0.6) is 0 Å². The lowest BCUT2D eigenvalue weighted by Gasteiger charge is -2.23. The first kappa shape index (κ1) is 12.0. The Morgan fingerprint density at radius 1 is 1.41 bits per heavy atom. The van der Waals surface area contributed by atoms with Crippen LogP contribution in [0.2, 0.25) is 0 Å². The van der Waals surface area contributed by atoms with Gasteiger partial charge in [0.1, 0.15) is 0 Å². The van der Waals surface area contributed by atoms with Gasteiger partial charge in [0.25, 0.3) is 0 Å². The molecule has 1 saturated heterocycles. The molecule has 1 aromatic rings. The van der Waals surface area contributed by atoms with Gasteiger partial charge in [-0.2, -0.15) is 0 Å². The quantitative estimate of drug-likeness (QED) is 0.865. The van der Waals surface area contributed by atoms with Crippen molar-refractivity contribution >= 4 is 5.91 Å². The highest BCUT2D eigenvalue weighted by atomic mass is 16.5. The van der Waals surface area contributed by atoms with Crippen molar-refractivity contribution in [3.05, 3.63) is 30.1 Å². The molecule has 0 bridgehead atoms. The Balaban J connectivity index is 1.89. The van der Waals surface area contributed by atoms with Crippen LogP contribution in [0, 0.1) is 5.92 Å². The van der Waals surface area contributed by atoms with Crippen molar-refractivity contribution in [1.82, 2.24) is 10.3 Å². The first-order valence-electron chi connectivity index (χ1n) is 6.05. The average molecular weight is 234 g/mol. The van der Waals surface area contributed by atoms with Gasteiger partial charge in [-0.15, -0.1) is 0 Å². The van der Waals surface area contributed by atoms with Crippen LogP contribution < -0.4 is 5.32 Å². The van der Waals surface area contributed by atoms with Crippen molar-refractivity contribution in [2.45, 2.75) is 25.8 Å². The highest BCUT2D eigenvalue weighted by Gasteiger charge is 2.22. The Morgan fingerprint density at radius 3 is 2.71 bits per heavy atom. The zero-order valence-electron chi connectivity index (χ0n) is 10.1. The molecule has 0 saturated carbocycles. The molecule has 1 aliphatic rings. The molecule has 0 spiro atoms. The zero-order chi connectivity index (χ0) is 12.1. The molecule has 1 aliphatic heterocycles. The van der Waals surface area contributed by atoms with Crippen molar-refractivity contribution in [2.24, 2.45) is 5.92 Å². The summed E-state index contributed by atoms with van der Waals surface area (Å²) in [6.45, 7) is 3.38. The minimum absolute atomic E-state index is 0.0355. The summed E-state index contributed by atoms with van der Waals surface area (Å²) in [6, 6.07) is 3.89. The first-order valence-corrected chi connectivity index (χ1v) is 6.05. The maximum Gasteiger partial charge on any atom is 0.223 e.